The molecule has 0 amide bonds. The molecule has 0 aliphatic heterocycles. The van der Waals surface area contributed by atoms with Gasteiger partial charge in [-0.15, -0.1) is 0 Å². The van der Waals surface area contributed by atoms with Gasteiger partial charge in [-0.2, -0.15) is 0 Å². The molecule has 2 nitrogen and oxygen atoms in total. The van der Waals surface area contributed by atoms with Crippen molar-refractivity contribution in [3.8, 4) is 0 Å². The summed E-state index contributed by atoms with van der Waals surface area (Å²) >= 11 is 0. The molecule has 110 valence electrons. The molecule has 0 aromatic carbocycles. The number of rotatable bonds is 9. The largest absolute Gasteiger partial charge is 0.363 e. The van der Waals surface area contributed by atoms with Gasteiger partial charge in [0.2, 0.25) is 0 Å². The Morgan fingerprint density at radius 1 is 1.30 bits per heavy atom. The first-order chi connectivity index (χ1) is 9.46. The van der Waals surface area contributed by atoms with Crippen LogP contribution in [0.4, 0.5) is 4.39 Å². The predicted molar refractivity (Wildman–Crippen MR) is 87.4 cm³/mol. The van der Waals surface area contributed by atoms with Crippen LogP contribution in [0.15, 0.2) is 66.6 Å². The van der Waals surface area contributed by atoms with Crippen molar-refractivity contribution in [2.24, 2.45) is 10.9 Å². The summed E-state index contributed by atoms with van der Waals surface area (Å²) in [6.45, 7) is 16.3. The Balaban J connectivity index is 5.04. The second-order valence-electron chi connectivity index (χ2n) is 4.53. The summed E-state index contributed by atoms with van der Waals surface area (Å²) in [5.74, 6) is 0.0530. The van der Waals surface area contributed by atoms with E-state index in [1.165, 1.54) is 13.1 Å². The minimum Gasteiger partial charge on any atom is -0.363 e. The van der Waals surface area contributed by atoms with E-state index in [0.29, 0.717) is 12.0 Å². The van der Waals surface area contributed by atoms with Crippen molar-refractivity contribution in [1.82, 2.24) is 5.32 Å². The van der Waals surface area contributed by atoms with Crippen molar-refractivity contribution < 1.29 is 4.39 Å². The SMILES string of the molecule is C=C/N=C(/CC=C(C=C)NC=C)C(C)C=C(C)C(C)F. The highest BCUT2D eigenvalue weighted by atomic mass is 19.1. The van der Waals surface area contributed by atoms with Crippen LogP contribution < -0.4 is 5.32 Å². The van der Waals surface area contributed by atoms with Crippen LogP contribution >= 0.6 is 0 Å². The van der Waals surface area contributed by atoms with Gasteiger partial charge < -0.3 is 5.32 Å². The summed E-state index contributed by atoms with van der Waals surface area (Å²) in [5, 5.41) is 2.98. The molecule has 0 saturated carbocycles. The number of allylic oxidation sites excluding steroid dienone is 4. The molecule has 0 aliphatic rings. The van der Waals surface area contributed by atoms with Crippen molar-refractivity contribution >= 4 is 5.71 Å². The van der Waals surface area contributed by atoms with E-state index >= 15 is 0 Å². The molecule has 0 aliphatic carbocycles. The highest BCUT2D eigenvalue weighted by Crippen LogP contribution is 2.14. The quantitative estimate of drug-likeness (QED) is 0.368. The highest BCUT2D eigenvalue weighted by Gasteiger charge is 2.09. The summed E-state index contributed by atoms with van der Waals surface area (Å²) in [5.41, 5.74) is 2.50. The lowest BCUT2D eigenvalue weighted by Gasteiger charge is -2.12. The molecule has 0 spiro atoms. The lowest BCUT2D eigenvalue weighted by atomic mass is 9.98. The average Bonchev–Trinajstić information content (AvgIpc) is 2.41. The Kier molecular flexibility index (Phi) is 9.01. The van der Waals surface area contributed by atoms with Gasteiger partial charge in [-0.1, -0.05) is 38.8 Å². The monoisotopic (exact) mass is 276 g/mol. The van der Waals surface area contributed by atoms with Crippen LogP contribution in [0.25, 0.3) is 0 Å². The third-order valence-electron chi connectivity index (χ3n) is 2.94. The van der Waals surface area contributed by atoms with Gasteiger partial charge in [0.25, 0.3) is 0 Å². The van der Waals surface area contributed by atoms with Gasteiger partial charge in [0.15, 0.2) is 0 Å². The number of hydrogen-bond donors (Lipinski definition) is 1. The Bertz CT molecular complexity index is 428. The molecule has 0 aromatic rings. The maximum absolute atomic E-state index is 13.2. The fourth-order valence-corrected chi connectivity index (χ4v) is 1.63. The van der Waals surface area contributed by atoms with Gasteiger partial charge in [0.05, 0.1) is 0 Å². The number of aliphatic imine (C=N–C) groups is 1. The lowest BCUT2D eigenvalue weighted by molar-refractivity contribution is 0.409. The normalized spacial score (nSPS) is 16.3. The van der Waals surface area contributed by atoms with Gasteiger partial charge in [-0.05, 0) is 31.7 Å². The topological polar surface area (TPSA) is 24.4 Å². The fourth-order valence-electron chi connectivity index (χ4n) is 1.63. The van der Waals surface area contributed by atoms with Gasteiger partial charge in [0.1, 0.15) is 6.17 Å². The van der Waals surface area contributed by atoms with E-state index in [1.54, 1.807) is 19.2 Å². The first-order valence-electron chi connectivity index (χ1n) is 6.66. The molecule has 1 N–H and O–H groups in total. The van der Waals surface area contributed by atoms with Crippen LogP contribution in [-0.4, -0.2) is 11.9 Å². The average molecular weight is 276 g/mol. The number of nitrogens with one attached hydrogen (secondary N) is 1. The summed E-state index contributed by atoms with van der Waals surface area (Å²) < 4.78 is 13.2. The molecule has 2 atom stereocenters. The first kappa shape index (κ1) is 18.1. The smallest absolute Gasteiger partial charge is 0.118 e. The van der Waals surface area contributed by atoms with Crippen LogP contribution in [0.1, 0.15) is 27.2 Å². The maximum atomic E-state index is 13.2. The van der Waals surface area contributed by atoms with E-state index in [1.807, 2.05) is 19.1 Å². The van der Waals surface area contributed by atoms with E-state index in [-0.39, 0.29) is 5.92 Å². The van der Waals surface area contributed by atoms with Crippen molar-refractivity contribution in [2.75, 3.05) is 0 Å². The zero-order chi connectivity index (χ0) is 15.5. The van der Waals surface area contributed by atoms with E-state index in [4.69, 9.17) is 0 Å². The molecular weight excluding hydrogens is 251 g/mol. The number of nitrogens with zero attached hydrogens (tertiary/aromatic N) is 1. The Hall–Kier alpha value is -1.90. The van der Waals surface area contributed by atoms with Crippen LogP contribution in [0, 0.1) is 5.92 Å². The van der Waals surface area contributed by atoms with Crippen LogP contribution in [0.2, 0.25) is 0 Å². The highest BCUT2D eigenvalue weighted by molar-refractivity contribution is 5.89. The summed E-state index contributed by atoms with van der Waals surface area (Å²) in [4.78, 5) is 4.28. The molecular formula is C17H25FN2. The molecule has 2 unspecified atom stereocenters. The Morgan fingerprint density at radius 3 is 2.40 bits per heavy atom. The van der Waals surface area contributed by atoms with Gasteiger partial charge in [-0.25, -0.2) is 4.39 Å². The molecule has 0 heterocycles. The molecule has 0 saturated heterocycles. The molecule has 20 heavy (non-hydrogen) atoms. The van der Waals surface area contributed by atoms with E-state index in [9.17, 15) is 4.39 Å². The molecule has 0 rings (SSSR count). The van der Waals surface area contributed by atoms with Gasteiger partial charge in [0, 0.05) is 29.9 Å². The van der Waals surface area contributed by atoms with Crippen LogP contribution in [0.3, 0.4) is 0 Å². The lowest BCUT2D eigenvalue weighted by Crippen LogP contribution is -2.11. The standard InChI is InChI=1S/C17H25FN2/c1-7-16(19-8-2)10-11-17(20-9-3)14(5)12-13(4)15(6)18/h7-10,12,14-15,19H,1-3,11H2,4-6H3/b13-12?,16-10?,20-17-. The van der Waals surface area contributed by atoms with Gasteiger partial charge >= 0.3 is 0 Å². The number of alkyl halides is 1. The van der Waals surface area contributed by atoms with E-state index in [0.717, 1.165) is 11.4 Å². The second kappa shape index (κ2) is 9.96. The minimum absolute atomic E-state index is 0.0530. The molecule has 0 bridgehead atoms. The maximum Gasteiger partial charge on any atom is 0.118 e. The zero-order valence-electron chi connectivity index (χ0n) is 12.7. The minimum atomic E-state index is -0.941. The van der Waals surface area contributed by atoms with Gasteiger partial charge in [-0.3, -0.25) is 4.99 Å². The summed E-state index contributed by atoms with van der Waals surface area (Å²) in [6, 6.07) is 0. The summed E-state index contributed by atoms with van der Waals surface area (Å²) in [7, 11) is 0. The second-order valence-corrected chi connectivity index (χ2v) is 4.53. The van der Waals surface area contributed by atoms with Crippen molar-refractivity contribution in [2.45, 2.75) is 33.4 Å². The summed E-state index contributed by atoms with van der Waals surface area (Å²) in [6.07, 6.45) is 8.38. The van der Waals surface area contributed by atoms with E-state index in [2.05, 4.69) is 30.0 Å². The van der Waals surface area contributed by atoms with E-state index < -0.39 is 6.17 Å². The number of hydrogen-bond acceptors (Lipinski definition) is 2. The Morgan fingerprint density at radius 2 is 1.95 bits per heavy atom. The third kappa shape index (κ3) is 6.88. The first-order valence-corrected chi connectivity index (χ1v) is 6.66. The number of halogens is 1. The fraction of sp³-hybridized carbons (Fsp3) is 0.353. The van der Waals surface area contributed by atoms with Crippen molar-refractivity contribution in [1.29, 1.82) is 0 Å². The molecule has 0 radical (unpaired) electrons. The molecule has 3 heteroatoms. The zero-order valence-corrected chi connectivity index (χ0v) is 12.7. The third-order valence-corrected chi connectivity index (χ3v) is 2.94. The molecule has 0 fully saturated rings. The van der Waals surface area contributed by atoms with Crippen molar-refractivity contribution in [3.63, 3.8) is 0 Å². The van der Waals surface area contributed by atoms with Crippen LogP contribution in [-0.2, 0) is 0 Å². The predicted octanol–water partition coefficient (Wildman–Crippen LogP) is 4.70. The van der Waals surface area contributed by atoms with Crippen molar-refractivity contribution in [3.05, 3.63) is 61.6 Å². The Labute approximate surface area is 122 Å². The van der Waals surface area contributed by atoms with Crippen LogP contribution in [0.5, 0.6) is 0 Å². The molecule has 0 aromatic heterocycles.